The van der Waals surface area contributed by atoms with Gasteiger partial charge in [-0.25, -0.2) is 0 Å². The van der Waals surface area contributed by atoms with Crippen LogP contribution in [0.2, 0.25) is 0 Å². The summed E-state index contributed by atoms with van der Waals surface area (Å²) in [4.78, 5) is 8.81. The third-order valence-electron chi connectivity index (χ3n) is 8.66. The summed E-state index contributed by atoms with van der Waals surface area (Å²) in [5, 5.41) is 0. The predicted molar refractivity (Wildman–Crippen MR) is 222 cm³/mol. The molecule has 0 aliphatic rings. The Kier molecular flexibility index (Phi) is 10.6. The van der Waals surface area contributed by atoms with Crippen molar-refractivity contribution in [2.24, 2.45) is 0 Å². The molecule has 0 atom stereocenters. The second kappa shape index (κ2) is 16.3. The first kappa shape index (κ1) is 33.7. The van der Waals surface area contributed by atoms with Crippen molar-refractivity contribution >= 4 is 34.4 Å². The fraction of sp³-hybridized carbons (Fsp3) is 0. The molecule has 0 saturated carbocycles. The van der Waals surface area contributed by atoms with Crippen LogP contribution >= 0.6 is 34.4 Å². The molecule has 0 saturated heterocycles. The first-order valence-electron chi connectivity index (χ1n) is 17.2. The molecule has 8 aromatic rings. The maximum atomic E-state index is 6.14. The molecule has 252 valence electrons. The monoisotopic (exact) mass is 724 g/mol. The molecular formula is C48H36OS3. The van der Waals surface area contributed by atoms with E-state index in [4.69, 9.17) is 4.74 Å². The lowest BCUT2D eigenvalue weighted by Gasteiger charge is -2.24. The first-order chi connectivity index (χ1) is 25.7. The Balaban J connectivity index is 1.02. The zero-order valence-corrected chi connectivity index (χ0v) is 30.9. The maximum Gasteiger partial charge on any atom is 0.127 e. The molecule has 0 spiro atoms. The zero-order chi connectivity index (χ0) is 35.0. The molecule has 4 heteroatoms. The van der Waals surface area contributed by atoms with Gasteiger partial charge in [-0.15, -0.1) is 0 Å². The van der Waals surface area contributed by atoms with Crippen LogP contribution in [0.3, 0.4) is 0 Å². The minimum Gasteiger partial charge on any atom is -0.457 e. The number of ether oxygens (including phenoxy) is 1. The topological polar surface area (TPSA) is 9.23 Å². The summed E-state index contributed by atoms with van der Waals surface area (Å²) in [7, 11) is -0.795. The number of hydrogen-bond acceptors (Lipinski definition) is 3. The van der Waals surface area contributed by atoms with Crippen molar-refractivity contribution in [3.8, 4) is 33.8 Å². The third kappa shape index (κ3) is 8.38. The highest BCUT2D eigenvalue weighted by Gasteiger charge is 2.15. The van der Waals surface area contributed by atoms with Gasteiger partial charge < -0.3 is 4.74 Å². The quantitative estimate of drug-likeness (QED) is 0.133. The molecular weight excluding hydrogens is 689 g/mol. The smallest absolute Gasteiger partial charge is 0.127 e. The van der Waals surface area contributed by atoms with Crippen LogP contribution in [0.4, 0.5) is 0 Å². The molecule has 0 bridgehead atoms. The molecule has 0 N–H and O–H groups in total. The summed E-state index contributed by atoms with van der Waals surface area (Å²) in [5.74, 6) is 1.67. The number of benzene rings is 8. The van der Waals surface area contributed by atoms with Crippen LogP contribution in [0.1, 0.15) is 0 Å². The van der Waals surface area contributed by atoms with E-state index in [0.29, 0.717) is 0 Å². The van der Waals surface area contributed by atoms with Gasteiger partial charge in [-0.05, 0) is 146 Å². The molecule has 1 nitrogen and oxygen atoms in total. The molecule has 0 heterocycles. The van der Waals surface area contributed by atoms with Gasteiger partial charge in [0.05, 0.1) is 0 Å². The molecule has 8 aromatic carbocycles. The maximum absolute atomic E-state index is 6.14. The van der Waals surface area contributed by atoms with E-state index in [9.17, 15) is 0 Å². The normalized spacial score (nSPS) is 11.2. The Morgan fingerprint density at radius 3 is 0.942 bits per heavy atom. The van der Waals surface area contributed by atoms with E-state index >= 15 is 0 Å². The van der Waals surface area contributed by atoms with E-state index in [1.54, 1.807) is 23.5 Å². The Morgan fingerprint density at radius 2 is 0.558 bits per heavy atom. The molecule has 8 rings (SSSR count). The second-order valence-electron chi connectivity index (χ2n) is 12.2. The standard InChI is InChI=1S/C48H36OS3/c1-4-10-36(11-5-1)38-16-22-42(23-17-38)50-44-26-32-47(33-27-44)52(46-30-20-41(21-31-46)49-40-14-8-3-9-15-40)48-34-28-45(29-35-48)51-43-24-18-39(19-25-43)37-12-6-2-7-13-37/h1-35,52H. The van der Waals surface area contributed by atoms with Gasteiger partial charge in [-0.3, -0.25) is 0 Å². The van der Waals surface area contributed by atoms with Crippen molar-refractivity contribution in [1.29, 1.82) is 0 Å². The average Bonchev–Trinajstić information content (AvgIpc) is 3.22. The fourth-order valence-corrected chi connectivity index (χ4v) is 9.89. The number of para-hydroxylation sites is 1. The Bertz CT molecular complexity index is 2180. The van der Waals surface area contributed by atoms with Crippen LogP contribution in [-0.4, -0.2) is 0 Å². The minimum atomic E-state index is -0.795. The number of thiol groups is 1. The molecule has 0 fully saturated rings. The van der Waals surface area contributed by atoms with Crippen molar-refractivity contribution in [1.82, 2.24) is 0 Å². The third-order valence-corrected chi connectivity index (χ3v) is 13.1. The van der Waals surface area contributed by atoms with E-state index in [0.717, 1.165) is 11.5 Å². The van der Waals surface area contributed by atoms with E-state index in [1.807, 2.05) is 30.3 Å². The van der Waals surface area contributed by atoms with Crippen molar-refractivity contribution in [2.75, 3.05) is 0 Å². The molecule has 0 aliphatic heterocycles. The highest BCUT2D eigenvalue weighted by atomic mass is 32.2. The van der Waals surface area contributed by atoms with Gasteiger partial charge in [0.1, 0.15) is 11.5 Å². The van der Waals surface area contributed by atoms with Crippen LogP contribution < -0.4 is 4.74 Å². The van der Waals surface area contributed by atoms with Crippen molar-refractivity contribution in [2.45, 2.75) is 34.3 Å². The largest absolute Gasteiger partial charge is 0.457 e. The van der Waals surface area contributed by atoms with Gasteiger partial charge in [0.25, 0.3) is 0 Å². The summed E-state index contributed by atoms with van der Waals surface area (Å²) in [6.45, 7) is 0. The van der Waals surface area contributed by atoms with E-state index in [2.05, 4.69) is 182 Å². The van der Waals surface area contributed by atoms with E-state index in [1.165, 1.54) is 56.5 Å². The average molecular weight is 725 g/mol. The first-order valence-corrected chi connectivity index (χ1v) is 20.2. The van der Waals surface area contributed by atoms with E-state index in [-0.39, 0.29) is 0 Å². The summed E-state index contributed by atoms with van der Waals surface area (Å²) >= 11 is 3.59. The van der Waals surface area contributed by atoms with Gasteiger partial charge in [0, 0.05) is 19.6 Å². The van der Waals surface area contributed by atoms with Crippen LogP contribution in [0.15, 0.2) is 247 Å². The van der Waals surface area contributed by atoms with E-state index < -0.39 is 10.9 Å². The van der Waals surface area contributed by atoms with Gasteiger partial charge in [0.15, 0.2) is 0 Å². The van der Waals surface area contributed by atoms with Gasteiger partial charge in [-0.2, -0.15) is 10.9 Å². The number of rotatable bonds is 11. The Hall–Kier alpha value is -5.39. The minimum absolute atomic E-state index is 0.795. The fourth-order valence-electron chi connectivity index (χ4n) is 6.03. The van der Waals surface area contributed by atoms with Crippen molar-refractivity contribution in [3.05, 3.63) is 212 Å². The van der Waals surface area contributed by atoms with Crippen LogP contribution in [0, 0.1) is 0 Å². The van der Waals surface area contributed by atoms with Crippen molar-refractivity contribution < 1.29 is 4.74 Å². The predicted octanol–water partition coefficient (Wildman–Crippen LogP) is 14.6. The summed E-state index contributed by atoms with van der Waals surface area (Å²) in [6, 6.07) is 75.6. The van der Waals surface area contributed by atoms with Crippen LogP contribution in [-0.2, 0) is 0 Å². The molecule has 0 amide bonds. The lowest BCUT2D eigenvalue weighted by molar-refractivity contribution is 0.482. The van der Waals surface area contributed by atoms with Gasteiger partial charge in [0.2, 0.25) is 0 Å². The Morgan fingerprint density at radius 1 is 0.269 bits per heavy atom. The molecule has 0 radical (unpaired) electrons. The lowest BCUT2D eigenvalue weighted by atomic mass is 10.1. The Labute approximate surface area is 317 Å². The molecule has 0 aliphatic carbocycles. The summed E-state index contributed by atoms with van der Waals surface area (Å²) in [5.41, 5.74) is 4.94. The molecule has 0 unspecified atom stereocenters. The highest BCUT2D eigenvalue weighted by Crippen LogP contribution is 2.52. The van der Waals surface area contributed by atoms with Crippen molar-refractivity contribution in [3.63, 3.8) is 0 Å². The van der Waals surface area contributed by atoms with Gasteiger partial charge in [-0.1, -0.05) is 127 Å². The molecule has 0 aromatic heterocycles. The van der Waals surface area contributed by atoms with Crippen LogP contribution in [0.5, 0.6) is 11.5 Å². The lowest BCUT2D eigenvalue weighted by Crippen LogP contribution is -1.90. The summed E-state index contributed by atoms with van der Waals surface area (Å²) < 4.78 is 6.14. The zero-order valence-electron chi connectivity index (χ0n) is 28.4. The second-order valence-corrected chi connectivity index (χ2v) is 16.7. The molecule has 52 heavy (non-hydrogen) atoms. The highest BCUT2D eigenvalue weighted by molar-refractivity contribution is 8.17. The van der Waals surface area contributed by atoms with Crippen LogP contribution in [0.25, 0.3) is 22.3 Å². The SMILES string of the molecule is c1ccc(Oc2ccc([SH](c3ccc(Sc4ccc(-c5ccccc5)cc4)cc3)c3ccc(Sc4ccc(-c5ccccc5)cc4)cc3)cc2)cc1. The summed E-state index contributed by atoms with van der Waals surface area (Å²) in [6.07, 6.45) is 0. The van der Waals surface area contributed by atoms with Gasteiger partial charge >= 0.3 is 0 Å². The number of hydrogen-bond donors (Lipinski definition) is 1.